The molecule has 0 atom stereocenters. The fraction of sp³-hybridized carbons (Fsp3) is 1.00. The van der Waals surface area contributed by atoms with Crippen molar-refractivity contribution in [3.05, 3.63) is 0 Å². The van der Waals surface area contributed by atoms with Crippen molar-refractivity contribution < 1.29 is 43.7 Å². The van der Waals surface area contributed by atoms with E-state index in [0.29, 0.717) is 5.32 Å². The van der Waals surface area contributed by atoms with Gasteiger partial charge in [-0.05, 0) is 0 Å². The van der Waals surface area contributed by atoms with Crippen molar-refractivity contribution in [1.82, 2.24) is 0 Å². The highest BCUT2D eigenvalue weighted by atomic mass is 35.5. The third kappa shape index (κ3) is 787. The molecule has 0 bridgehead atoms. The largest absolute Gasteiger partial charge is 1.00 e. The van der Waals surface area contributed by atoms with Gasteiger partial charge in [-0.1, -0.05) is 0 Å². The topological polar surface area (TPSA) is 33.2 Å². The van der Waals surface area contributed by atoms with Crippen molar-refractivity contribution in [2.45, 2.75) is 0 Å². The van der Waals surface area contributed by atoms with E-state index in [1.54, 1.807) is 0 Å². The van der Waals surface area contributed by atoms with Crippen LogP contribution in [-0.4, -0.2) is 28.0 Å². The van der Waals surface area contributed by atoms with Gasteiger partial charge >= 0.3 is 0 Å². The Morgan fingerprint density at radius 3 is 1.25 bits per heavy atom. The molecule has 0 fully saturated rings. The first-order valence-corrected chi connectivity index (χ1v) is 1.73. The first-order chi connectivity index (χ1) is 5.12. The summed E-state index contributed by atoms with van der Waals surface area (Å²) in [5.74, 6) is 0. The fourth-order valence-corrected chi connectivity index (χ4v) is 0. The Balaban J connectivity index is -0.0000000891. The number of nitrogens with two attached hydrogens (primary N) is 2. The molecular formula is C4H16Cl2N2. The van der Waals surface area contributed by atoms with E-state index in [9.17, 15) is 0 Å². The van der Waals surface area contributed by atoms with E-state index < -0.39 is 14.0 Å². The van der Waals surface area contributed by atoms with Gasteiger partial charge in [0.05, 0.1) is 36.3 Å². The molecule has 0 spiro atoms. The van der Waals surface area contributed by atoms with Gasteiger partial charge in [-0.3, -0.25) is 0 Å². The summed E-state index contributed by atoms with van der Waals surface area (Å²) in [5.41, 5.74) is 0. The summed E-state index contributed by atoms with van der Waals surface area (Å²) >= 11 is 0. The molecular weight excluding hydrogens is 147 g/mol. The number of hydrogen-bond donors (Lipinski definition) is 2. The van der Waals surface area contributed by atoms with Gasteiger partial charge in [0.2, 0.25) is 0 Å². The number of quaternary nitrogens is 2. The molecule has 0 unspecified atom stereocenters. The summed E-state index contributed by atoms with van der Waals surface area (Å²) in [6, 6.07) is 0. The Morgan fingerprint density at radius 1 is 1.00 bits per heavy atom. The lowest BCUT2D eigenvalue weighted by Crippen LogP contribution is -3.00. The lowest BCUT2D eigenvalue weighted by Gasteiger charge is -1.57. The quantitative estimate of drug-likeness (QED) is 0.361. The SMILES string of the molecule is C[NH2+]C.[2H]C([2H])([2H])[NH2+]C([2H])([2H])[2H].[Cl-].[Cl-]. The van der Waals surface area contributed by atoms with E-state index in [4.69, 9.17) is 8.22 Å². The second-order valence-electron chi connectivity index (χ2n) is 0.722. The summed E-state index contributed by atoms with van der Waals surface area (Å²) in [6.45, 7) is -4.91. The van der Waals surface area contributed by atoms with E-state index in [0.717, 1.165) is 0 Å². The second-order valence-corrected chi connectivity index (χ2v) is 0.722. The highest BCUT2D eigenvalue weighted by Crippen LogP contribution is 0.589. The Morgan fingerprint density at radius 2 is 1.25 bits per heavy atom. The maximum atomic E-state index is 6.51. The molecule has 0 aliphatic rings. The number of hydrogen-bond acceptors (Lipinski definition) is 0. The molecule has 56 valence electrons. The summed E-state index contributed by atoms with van der Waals surface area (Å²) < 4.78 is 39.0. The minimum absolute atomic E-state index is 0. The molecule has 0 aromatic heterocycles. The Kier molecular flexibility index (Phi) is 27.5. The zero-order chi connectivity index (χ0) is 10.4. The first kappa shape index (κ1) is 4.34. The average Bonchev–Trinajstić information content (AvgIpc) is 1.53. The fourth-order valence-electron chi connectivity index (χ4n) is 0. The molecule has 2 nitrogen and oxygen atoms in total. The van der Waals surface area contributed by atoms with Crippen molar-refractivity contribution in [2.24, 2.45) is 0 Å². The van der Waals surface area contributed by atoms with E-state index >= 15 is 0 Å². The molecule has 0 amide bonds. The van der Waals surface area contributed by atoms with E-state index in [1.807, 2.05) is 19.4 Å². The maximum Gasteiger partial charge on any atom is 0.0885 e. The van der Waals surface area contributed by atoms with Crippen molar-refractivity contribution in [3.8, 4) is 0 Å². The standard InChI is InChI=1S/2C2H7N.2ClH/c2*1-3-2;;/h2*3H,1-2H3;2*1H/i1D3,2D3;;;. The third-order valence-corrected chi connectivity index (χ3v) is 0. The van der Waals surface area contributed by atoms with E-state index in [-0.39, 0.29) is 24.8 Å². The van der Waals surface area contributed by atoms with Crippen LogP contribution in [0, 0.1) is 0 Å². The molecule has 4 heteroatoms. The highest BCUT2D eigenvalue weighted by molar-refractivity contribution is 3.35. The van der Waals surface area contributed by atoms with E-state index in [2.05, 4.69) is 0 Å². The Hall–Kier alpha value is 0.500. The van der Waals surface area contributed by atoms with Crippen LogP contribution in [0.15, 0.2) is 0 Å². The third-order valence-electron chi connectivity index (χ3n) is 0. The Bertz CT molecular complexity index is 101. The molecule has 0 saturated carbocycles. The molecule has 0 radical (unpaired) electrons. The summed E-state index contributed by atoms with van der Waals surface area (Å²) in [7, 11) is 4.00. The monoisotopic (exact) mass is 168 g/mol. The molecule has 8 heavy (non-hydrogen) atoms. The molecule has 0 heterocycles. The molecule has 4 N–H and O–H groups in total. The molecule has 0 aromatic carbocycles. The minimum atomic E-state index is -2.45. The van der Waals surface area contributed by atoms with Gasteiger partial charge in [-0.2, -0.15) is 0 Å². The smallest absolute Gasteiger partial charge is 0.0885 e. The number of halogens is 2. The van der Waals surface area contributed by atoms with Gasteiger partial charge in [0.1, 0.15) is 0 Å². The van der Waals surface area contributed by atoms with Crippen molar-refractivity contribution >= 4 is 0 Å². The molecule has 0 rings (SSSR count). The average molecular weight is 169 g/mol. The lowest BCUT2D eigenvalue weighted by molar-refractivity contribution is -0.597. The maximum absolute atomic E-state index is 6.51. The zero-order valence-corrected chi connectivity index (χ0v) is 6.42. The lowest BCUT2D eigenvalue weighted by atomic mass is 11.3. The van der Waals surface area contributed by atoms with Crippen LogP contribution in [-0.2, 0) is 0 Å². The van der Waals surface area contributed by atoms with Crippen molar-refractivity contribution in [1.29, 1.82) is 0 Å². The van der Waals surface area contributed by atoms with Crippen LogP contribution >= 0.6 is 0 Å². The van der Waals surface area contributed by atoms with E-state index in [1.165, 1.54) is 0 Å². The summed E-state index contributed by atoms with van der Waals surface area (Å²) in [4.78, 5) is 0. The van der Waals surface area contributed by atoms with Gasteiger partial charge in [0.25, 0.3) is 0 Å². The highest BCUT2D eigenvalue weighted by Gasteiger charge is 1.29. The first-order valence-electron chi connectivity index (χ1n) is 4.73. The van der Waals surface area contributed by atoms with Gasteiger partial charge < -0.3 is 35.4 Å². The minimum Gasteiger partial charge on any atom is -1.00 e. The van der Waals surface area contributed by atoms with Crippen LogP contribution in [0.5, 0.6) is 0 Å². The summed E-state index contributed by atoms with van der Waals surface area (Å²) in [5, 5.41) is 2.38. The summed E-state index contributed by atoms with van der Waals surface area (Å²) in [6.07, 6.45) is 0. The molecule has 0 aliphatic carbocycles. The zero-order valence-electron chi connectivity index (χ0n) is 10.9. The Labute approximate surface area is 72.7 Å². The predicted molar refractivity (Wildman–Crippen MR) is 27.5 cm³/mol. The van der Waals surface area contributed by atoms with Crippen LogP contribution in [0.1, 0.15) is 8.22 Å². The van der Waals surface area contributed by atoms with Gasteiger partial charge in [-0.15, -0.1) is 0 Å². The van der Waals surface area contributed by atoms with Gasteiger partial charge in [-0.25, -0.2) is 0 Å². The molecule has 0 aromatic rings. The second kappa shape index (κ2) is 50.7. The van der Waals surface area contributed by atoms with Crippen LogP contribution < -0.4 is 35.4 Å². The van der Waals surface area contributed by atoms with Gasteiger partial charge in [0, 0.05) is 0 Å². The van der Waals surface area contributed by atoms with Crippen LogP contribution in [0.25, 0.3) is 0 Å². The van der Waals surface area contributed by atoms with Crippen LogP contribution in [0.2, 0.25) is 0 Å². The van der Waals surface area contributed by atoms with Crippen molar-refractivity contribution in [3.63, 3.8) is 0 Å². The molecule has 0 aliphatic heterocycles. The van der Waals surface area contributed by atoms with Gasteiger partial charge in [0.15, 0.2) is 0 Å². The van der Waals surface area contributed by atoms with Crippen LogP contribution in [0.4, 0.5) is 0 Å². The predicted octanol–water partition coefficient (Wildman–Crippen LogP) is -8.37. The van der Waals surface area contributed by atoms with Crippen LogP contribution in [0.3, 0.4) is 0 Å². The number of rotatable bonds is 0. The normalized spacial score (nSPS) is 18.8. The molecule has 0 saturated heterocycles. The van der Waals surface area contributed by atoms with Crippen molar-refractivity contribution in [2.75, 3.05) is 28.0 Å².